The Morgan fingerprint density at radius 2 is 1.95 bits per heavy atom. The lowest BCUT2D eigenvalue weighted by Crippen LogP contribution is -2.26. The molecule has 1 fully saturated rings. The van der Waals surface area contributed by atoms with Crippen LogP contribution in [0.1, 0.15) is 29.2 Å². The van der Waals surface area contributed by atoms with Gasteiger partial charge in [0.25, 0.3) is 0 Å². The maximum absolute atomic E-state index is 11.6. The number of nitrogens with one attached hydrogen (secondary N) is 1. The van der Waals surface area contributed by atoms with E-state index in [4.69, 9.17) is 11.6 Å². The van der Waals surface area contributed by atoms with E-state index in [9.17, 15) is 8.42 Å². The molecule has 0 aromatic heterocycles. The maximum Gasteiger partial charge on any atom is 0.150 e. The summed E-state index contributed by atoms with van der Waals surface area (Å²) in [6.07, 6.45) is 0.705. The fourth-order valence-electron chi connectivity index (χ4n) is 2.77. The zero-order valence-electron chi connectivity index (χ0n) is 11.5. The van der Waals surface area contributed by atoms with Crippen LogP contribution in [0.3, 0.4) is 0 Å². The van der Waals surface area contributed by atoms with Crippen LogP contribution in [0.25, 0.3) is 0 Å². The smallest absolute Gasteiger partial charge is 0.150 e. The number of sulfone groups is 1. The average molecular weight is 302 g/mol. The molecule has 1 aromatic rings. The van der Waals surface area contributed by atoms with Crippen molar-refractivity contribution in [2.45, 2.75) is 26.3 Å². The molecule has 3 nitrogen and oxygen atoms in total. The normalized spacial score (nSPS) is 23.5. The lowest BCUT2D eigenvalue weighted by atomic mass is 9.91. The molecule has 1 aliphatic rings. The van der Waals surface area contributed by atoms with Crippen LogP contribution in [0, 0.1) is 19.8 Å². The molecule has 106 valence electrons. The van der Waals surface area contributed by atoms with Crippen molar-refractivity contribution in [3.63, 3.8) is 0 Å². The van der Waals surface area contributed by atoms with Gasteiger partial charge in [0.2, 0.25) is 0 Å². The van der Waals surface area contributed by atoms with Crippen LogP contribution in [0.15, 0.2) is 12.1 Å². The molecule has 2 rings (SSSR count). The highest BCUT2D eigenvalue weighted by Gasteiger charge is 2.34. The second-order valence-electron chi connectivity index (χ2n) is 5.39. The minimum atomic E-state index is -2.87. The fraction of sp³-hybridized carbons (Fsp3) is 0.571. The van der Waals surface area contributed by atoms with Gasteiger partial charge in [-0.05, 0) is 56.0 Å². The van der Waals surface area contributed by atoms with Gasteiger partial charge >= 0.3 is 0 Å². The molecule has 0 bridgehead atoms. The van der Waals surface area contributed by atoms with Crippen LogP contribution in [-0.4, -0.2) is 27.0 Å². The Hall–Kier alpha value is -0.580. The van der Waals surface area contributed by atoms with Gasteiger partial charge in [0.1, 0.15) is 0 Å². The van der Waals surface area contributed by atoms with E-state index in [0.29, 0.717) is 11.4 Å². The van der Waals surface area contributed by atoms with Gasteiger partial charge in [0, 0.05) is 11.1 Å². The maximum atomic E-state index is 11.6. The fourth-order valence-corrected chi connectivity index (χ4v) is 4.95. The van der Waals surface area contributed by atoms with Crippen molar-refractivity contribution in [1.82, 2.24) is 5.32 Å². The molecule has 0 aliphatic carbocycles. The Morgan fingerprint density at radius 1 is 1.32 bits per heavy atom. The summed E-state index contributed by atoms with van der Waals surface area (Å²) in [4.78, 5) is 0. The summed E-state index contributed by atoms with van der Waals surface area (Å²) in [5, 5.41) is 3.95. The first-order valence-electron chi connectivity index (χ1n) is 6.48. The van der Waals surface area contributed by atoms with Gasteiger partial charge in [0.15, 0.2) is 9.84 Å². The van der Waals surface area contributed by atoms with Crippen LogP contribution in [0.2, 0.25) is 5.02 Å². The molecular formula is C14H20ClNO2S. The van der Waals surface area contributed by atoms with Crippen molar-refractivity contribution in [1.29, 1.82) is 0 Å². The number of benzene rings is 1. The first-order valence-corrected chi connectivity index (χ1v) is 8.68. The van der Waals surface area contributed by atoms with Gasteiger partial charge in [-0.1, -0.05) is 17.7 Å². The lowest BCUT2D eigenvalue weighted by Gasteiger charge is -2.24. The molecule has 0 saturated carbocycles. The standard InChI is InChI=1S/C14H20ClNO2S/c1-9-6-12(13(15)7-10(9)2)14(16-3)11-4-5-19(17,18)8-11/h6-7,11,14,16H,4-5,8H2,1-3H3. The summed E-state index contributed by atoms with van der Waals surface area (Å²) in [6.45, 7) is 4.08. The third kappa shape index (κ3) is 3.12. The quantitative estimate of drug-likeness (QED) is 0.933. The molecule has 1 heterocycles. The van der Waals surface area contributed by atoms with Crippen LogP contribution in [-0.2, 0) is 9.84 Å². The zero-order valence-corrected chi connectivity index (χ0v) is 13.1. The monoisotopic (exact) mass is 301 g/mol. The number of hydrogen-bond donors (Lipinski definition) is 1. The molecule has 2 atom stereocenters. The highest BCUT2D eigenvalue weighted by Crippen LogP contribution is 2.35. The number of aryl methyl sites for hydroxylation is 2. The van der Waals surface area contributed by atoms with Crippen molar-refractivity contribution in [3.8, 4) is 0 Å². The number of hydrogen-bond acceptors (Lipinski definition) is 3. The van der Waals surface area contributed by atoms with E-state index in [1.54, 1.807) is 0 Å². The van der Waals surface area contributed by atoms with Crippen LogP contribution >= 0.6 is 11.6 Å². The predicted octanol–water partition coefficient (Wildman–Crippen LogP) is 2.65. The van der Waals surface area contributed by atoms with E-state index < -0.39 is 9.84 Å². The number of halogens is 1. The minimum absolute atomic E-state index is 0.00377. The number of rotatable bonds is 3. The summed E-state index contributed by atoms with van der Waals surface area (Å²) in [5.74, 6) is 0.648. The molecule has 19 heavy (non-hydrogen) atoms. The Balaban J connectivity index is 2.35. The van der Waals surface area contributed by atoms with Gasteiger partial charge in [-0.25, -0.2) is 8.42 Å². The molecule has 0 radical (unpaired) electrons. The summed E-state index contributed by atoms with van der Waals surface area (Å²) in [7, 11) is -1.01. The van der Waals surface area contributed by atoms with Crippen LogP contribution in [0.4, 0.5) is 0 Å². The van der Waals surface area contributed by atoms with Crippen molar-refractivity contribution in [2.24, 2.45) is 5.92 Å². The average Bonchev–Trinajstić information content (AvgIpc) is 2.67. The lowest BCUT2D eigenvalue weighted by molar-refractivity contribution is 0.418. The van der Waals surface area contributed by atoms with E-state index in [1.807, 2.05) is 27.0 Å². The van der Waals surface area contributed by atoms with Gasteiger partial charge in [-0.15, -0.1) is 0 Å². The summed E-state index contributed by atoms with van der Waals surface area (Å²) in [6, 6.07) is 4.04. The van der Waals surface area contributed by atoms with Gasteiger partial charge < -0.3 is 5.32 Å². The minimum Gasteiger partial charge on any atom is -0.313 e. The van der Waals surface area contributed by atoms with Crippen LogP contribution in [0.5, 0.6) is 0 Å². The molecule has 1 aromatic carbocycles. The Morgan fingerprint density at radius 3 is 2.47 bits per heavy atom. The molecule has 1 saturated heterocycles. The third-order valence-electron chi connectivity index (χ3n) is 4.00. The highest BCUT2D eigenvalue weighted by molar-refractivity contribution is 7.91. The zero-order chi connectivity index (χ0) is 14.2. The first kappa shape index (κ1) is 14.8. The summed E-state index contributed by atoms with van der Waals surface area (Å²) >= 11 is 6.34. The van der Waals surface area contributed by atoms with E-state index in [2.05, 4.69) is 11.4 Å². The van der Waals surface area contributed by atoms with E-state index >= 15 is 0 Å². The summed E-state index contributed by atoms with van der Waals surface area (Å²) < 4.78 is 23.3. The Bertz CT molecular complexity index is 583. The van der Waals surface area contributed by atoms with Crippen molar-refractivity contribution < 1.29 is 8.42 Å². The summed E-state index contributed by atoms with van der Waals surface area (Å²) in [5.41, 5.74) is 3.34. The SMILES string of the molecule is CNC(c1cc(C)c(C)cc1Cl)C1CCS(=O)(=O)C1. The topological polar surface area (TPSA) is 46.2 Å². The largest absolute Gasteiger partial charge is 0.313 e. The molecule has 5 heteroatoms. The Labute approximate surface area is 120 Å². The first-order chi connectivity index (χ1) is 8.84. The molecular weight excluding hydrogens is 282 g/mol. The third-order valence-corrected chi connectivity index (χ3v) is 6.12. The van der Waals surface area contributed by atoms with E-state index in [1.165, 1.54) is 5.56 Å². The second kappa shape index (κ2) is 5.43. The molecule has 1 aliphatic heterocycles. The second-order valence-corrected chi connectivity index (χ2v) is 8.02. The van der Waals surface area contributed by atoms with Crippen molar-refractivity contribution in [2.75, 3.05) is 18.6 Å². The van der Waals surface area contributed by atoms with Crippen molar-refractivity contribution >= 4 is 21.4 Å². The van der Waals surface area contributed by atoms with Gasteiger partial charge in [-0.2, -0.15) is 0 Å². The Kier molecular flexibility index (Phi) is 4.23. The van der Waals surface area contributed by atoms with Crippen molar-refractivity contribution in [3.05, 3.63) is 33.8 Å². The predicted molar refractivity (Wildman–Crippen MR) is 79.5 cm³/mol. The van der Waals surface area contributed by atoms with E-state index in [-0.39, 0.29) is 23.5 Å². The van der Waals surface area contributed by atoms with Crippen LogP contribution < -0.4 is 5.32 Å². The highest BCUT2D eigenvalue weighted by atomic mass is 35.5. The molecule has 0 spiro atoms. The molecule has 2 unspecified atom stereocenters. The van der Waals surface area contributed by atoms with Gasteiger partial charge in [0.05, 0.1) is 11.5 Å². The van der Waals surface area contributed by atoms with Gasteiger partial charge in [-0.3, -0.25) is 0 Å². The van der Waals surface area contributed by atoms with E-state index in [0.717, 1.165) is 11.1 Å². The molecule has 1 N–H and O–H groups in total. The molecule has 0 amide bonds.